The Balaban J connectivity index is 2.29. The molecule has 8 heteroatoms. The number of nitro groups is 1. The van der Waals surface area contributed by atoms with Crippen LogP contribution in [0.5, 0.6) is 0 Å². The van der Waals surface area contributed by atoms with Gasteiger partial charge in [-0.3, -0.25) is 10.1 Å². The van der Waals surface area contributed by atoms with E-state index >= 15 is 0 Å². The lowest BCUT2D eigenvalue weighted by molar-refractivity contribution is -0.383. The molecule has 0 unspecified atom stereocenters. The van der Waals surface area contributed by atoms with Gasteiger partial charge in [0.2, 0.25) is 0 Å². The van der Waals surface area contributed by atoms with Crippen molar-refractivity contribution in [2.45, 2.75) is 6.18 Å². The predicted molar refractivity (Wildman–Crippen MR) is 65.7 cm³/mol. The van der Waals surface area contributed by atoms with Gasteiger partial charge in [0.1, 0.15) is 0 Å². The van der Waals surface area contributed by atoms with E-state index in [4.69, 9.17) is 0 Å². The van der Waals surface area contributed by atoms with Gasteiger partial charge in [-0.05, 0) is 23.6 Å². The van der Waals surface area contributed by atoms with Crippen molar-refractivity contribution in [3.63, 3.8) is 0 Å². The predicted octanol–water partition coefficient (Wildman–Crippen LogP) is 4.42. The number of anilines is 2. The zero-order valence-electron chi connectivity index (χ0n) is 9.27. The summed E-state index contributed by atoms with van der Waals surface area (Å²) in [7, 11) is 0. The quantitative estimate of drug-likeness (QED) is 0.672. The molecule has 0 aliphatic rings. The number of rotatable bonds is 3. The number of halogens is 3. The Bertz CT molecular complexity index is 610. The zero-order chi connectivity index (χ0) is 14.0. The van der Waals surface area contributed by atoms with E-state index in [1.54, 1.807) is 0 Å². The molecule has 2 aromatic rings. The first-order chi connectivity index (χ1) is 8.88. The van der Waals surface area contributed by atoms with Crippen LogP contribution in [0.15, 0.2) is 35.7 Å². The molecule has 0 amide bonds. The molecule has 0 aliphatic carbocycles. The largest absolute Gasteiger partial charge is 0.416 e. The van der Waals surface area contributed by atoms with Crippen LogP contribution in [0.3, 0.4) is 0 Å². The zero-order valence-corrected chi connectivity index (χ0v) is 10.1. The summed E-state index contributed by atoms with van der Waals surface area (Å²) in [6, 6.07) is 5.79. The lowest BCUT2D eigenvalue weighted by Crippen LogP contribution is -2.05. The molecule has 0 fully saturated rings. The van der Waals surface area contributed by atoms with E-state index in [1.807, 2.05) is 0 Å². The molecule has 0 radical (unpaired) electrons. The summed E-state index contributed by atoms with van der Waals surface area (Å²) in [5.41, 5.74) is -0.820. The van der Waals surface area contributed by atoms with Crippen molar-refractivity contribution in [1.82, 2.24) is 0 Å². The third-order valence-electron chi connectivity index (χ3n) is 2.29. The van der Waals surface area contributed by atoms with Gasteiger partial charge in [0.15, 0.2) is 5.00 Å². The molecule has 0 aliphatic heterocycles. The molecule has 0 bridgehead atoms. The number of hydrogen-bond acceptors (Lipinski definition) is 4. The topological polar surface area (TPSA) is 55.2 Å². The minimum atomic E-state index is -4.45. The normalized spacial score (nSPS) is 11.3. The number of nitrogens with one attached hydrogen (secondary N) is 1. The number of alkyl halides is 3. The van der Waals surface area contributed by atoms with E-state index in [9.17, 15) is 23.3 Å². The highest BCUT2D eigenvalue weighted by molar-refractivity contribution is 7.14. The summed E-state index contributed by atoms with van der Waals surface area (Å²) in [6.07, 6.45) is -4.45. The molecule has 1 aromatic heterocycles. The van der Waals surface area contributed by atoms with Crippen LogP contribution in [0, 0.1) is 10.1 Å². The molecule has 0 saturated heterocycles. The molecular formula is C11H7F3N2O2S. The van der Waals surface area contributed by atoms with Gasteiger partial charge in [0.05, 0.1) is 10.5 Å². The molecule has 2 rings (SSSR count). The van der Waals surface area contributed by atoms with Crippen molar-refractivity contribution in [1.29, 1.82) is 0 Å². The summed E-state index contributed by atoms with van der Waals surface area (Å²) in [4.78, 5) is 10.1. The Morgan fingerprint density at radius 2 is 2.00 bits per heavy atom. The van der Waals surface area contributed by atoms with Crippen LogP contribution in [-0.4, -0.2) is 4.92 Å². The van der Waals surface area contributed by atoms with Crippen molar-refractivity contribution in [3.8, 4) is 0 Å². The molecule has 1 N–H and O–H groups in total. The first-order valence-corrected chi connectivity index (χ1v) is 5.92. The second-order valence-electron chi connectivity index (χ2n) is 3.60. The second-order valence-corrected chi connectivity index (χ2v) is 4.51. The Morgan fingerprint density at radius 3 is 2.63 bits per heavy atom. The lowest BCUT2D eigenvalue weighted by Gasteiger charge is -2.09. The molecule has 100 valence electrons. The second kappa shape index (κ2) is 4.88. The summed E-state index contributed by atoms with van der Waals surface area (Å²) in [5.74, 6) is 0. The standard InChI is InChI=1S/C11H7F3N2O2S/c12-11(13,14)7-2-1-3-8(6-7)15-10-9(16(17)18)4-5-19-10/h1-6,15H. The molecule has 1 heterocycles. The van der Waals surface area contributed by atoms with Crippen molar-refractivity contribution in [2.75, 3.05) is 5.32 Å². The molecule has 19 heavy (non-hydrogen) atoms. The summed E-state index contributed by atoms with van der Waals surface area (Å²) < 4.78 is 37.6. The van der Waals surface area contributed by atoms with Gasteiger partial charge >= 0.3 is 11.9 Å². The van der Waals surface area contributed by atoms with Crippen molar-refractivity contribution in [2.24, 2.45) is 0 Å². The fourth-order valence-electron chi connectivity index (χ4n) is 1.44. The minimum absolute atomic E-state index is 0.153. The van der Waals surface area contributed by atoms with Crippen molar-refractivity contribution in [3.05, 3.63) is 51.4 Å². The van der Waals surface area contributed by atoms with Gasteiger partial charge in [0, 0.05) is 11.8 Å². The lowest BCUT2D eigenvalue weighted by atomic mass is 10.2. The van der Waals surface area contributed by atoms with Crippen LogP contribution in [0.4, 0.5) is 29.5 Å². The van der Waals surface area contributed by atoms with E-state index in [0.29, 0.717) is 0 Å². The van der Waals surface area contributed by atoms with Gasteiger partial charge < -0.3 is 5.32 Å². The van der Waals surface area contributed by atoms with Gasteiger partial charge in [-0.1, -0.05) is 6.07 Å². The molecule has 4 nitrogen and oxygen atoms in total. The average Bonchev–Trinajstić information content (AvgIpc) is 2.76. The van der Waals surface area contributed by atoms with Crippen molar-refractivity contribution >= 4 is 27.7 Å². The molecule has 0 spiro atoms. The average molecular weight is 288 g/mol. The van der Waals surface area contributed by atoms with Crippen LogP contribution in [0.25, 0.3) is 0 Å². The maximum absolute atomic E-state index is 12.5. The number of benzene rings is 1. The van der Waals surface area contributed by atoms with Gasteiger partial charge in [-0.15, -0.1) is 11.3 Å². The SMILES string of the molecule is O=[N+]([O-])c1ccsc1Nc1cccc(C(F)(F)F)c1. The first-order valence-electron chi connectivity index (χ1n) is 5.04. The Labute approximate surface area is 109 Å². The summed E-state index contributed by atoms with van der Waals surface area (Å²) >= 11 is 1.05. The van der Waals surface area contributed by atoms with E-state index in [0.717, 1.165) is 23.5 Å². The van der Waals surface area contributed by atoms with E-state index in [1.165, 1.54) is 23.6 Å². The number of nitrogens with zero attached hydrogens (tertiary/aromatic N) is 1. The fraction of sp³-hybridized carbons (Fsp3) is 0.0909. The van der Waals surface area contributed by atoms with E-state index < -0.39 is 16.7 Å². The highest BCUT2D eigenvalue weighted by atomic mass is 32.1. The molecular weight excluding hydrogens is 281 g/mol. The van der Waals surface area contributed by atoms with Crippen LogP contribution in [-0.2, 0) is 6.18 Å². The summed E-state index contributed by atoms with van der Waals surface area (Å²) in [5, 5.41) is 15.0. The summed E-state index contributed by atoms with van der Waals surface area (Å²) in [6.45, 7) is 0. The Hall–Kier alpha value is -2.09. The maximum atomic E-state index is 12.5. The van der Waals surface area contributed by atoms with Gasteiger partial charge in [-0.2, -0.15) is 13.2 Å². The smallest absolute Gasteiger partial charge is 0.342 e. The van der Waals surface area contributed by atoms with Crippen LogP contribution in [0.1, 0.15) is 5.56 Å². The third-order valence-corrected chi connectivity index (χ3v) is 3.11. The first kappa shape index (κ1) is 13.3. The highest BCUT2D eigenvalue weighted by Gasteiger charge is 2.30. The van der Waals surface area contributed by atoms with Crippen LogP contribution in [0.2, 0.25) is 0 Å². The highest BCUT2D eigenvalue weighted by Crippen LogP contribution is 2.35. The maximum Gasteiger partial charge on any atom is 0.416 e. The van der Waals surface area contributed by atoms with Crippen molar-refractivity contribution < 1.29 is 18.1 Å². The molecule has 1 aromatic carbocycles. The van der Waals surface area contributed by atoms with Gasteiger partial charge in [-0.25, -0.2) is 0 Å². The number of thiophene rings is 1. The fourth-order valence-corrected chi connectivity index (χ4v) is 2.22. The van der Waals surface area contributed by atoms with Crippen LogP contribution < -0.4 is 5.32 Å². The Kier molecular flexibility index (Phi) is 3.43. The minimum Gasteiger partial charge on any atom is -0.342 e. The Morgan fingerprint density at radius 1 is 1.26 bits per heavy atom. The van der Waals surface area contributed by atoms with Crippen LogP contribution >= 0.6 is 11.3 Å². The molecule has 0 saturated carbocycles. The third kappa shape index (κ3) is 3.02. The monoisotopic (exact) mass is 288 g/mol. The number of hydrogen-bond donors (Lipinski definition) is 1. The molecule has 0 atom stereocenters. The van der Waals surface area contributed by atoms with Gasteiger partial charge in [0.25, 0.3) is 0 Å². The van der Waals surface area contributed by atoms with E-state index in [2.05, 4.69) is 5.32 Å². The van der Waals surface area contributed by atoms with E-state index in [-0.39, 0.29) is 16.4 Å².